The molecule has 0 bridgehead atoms. The van der Waals surface area contributed by atoms with Crippen molar-refractivity contribution in [3.8, 4) is 0 Å². The molecule has 0 fully saturated rings. The number of hydrogen-bond donors (Lipinski definition) is 9. The van der Waals surface area contributed by atoms with Crippen molar-refractivity contribution in [1.29, 1.82) is 0 Å². The van der Waals surface area contributed by atoms with Gasteiger partial charge < -0.3 is 47.8 Å². The van der Waals surface area contributed by atoms with E-state index in [0.29, 0.717) is 0 Å². The summed E-state index contributed by atoms with van der Waals surface area (Å²) >= 11 is 0. The molecule has 0 aromatic heterocycles. The molecule has 0 saturated heterocycles. The number of amides is 4. The van der Waals surface area contributed by atoms with Crippen LogP contribution in [0.5, 0.6) is 0 Å². The normalized spacial score (nSPS) is 15.1. The van der Waals surface area contributed by atoms with Crippen LogP contribution in [-0.2, 0) is 33.6 Å². The smallest absolute Gasteiger partial charge is 0.326 e. The maximum atomic E-state index is 12.5. The molecular formula is C17H27N5O11. The Bertz CT molecular complexity index is 785. The zero-order chi connectivity index (χ0) is 25.9. The van der Waals surface area contributed by atoms with Gasteiger partial charge in [-0.1, -0.05) is 0 Å². The number of nitrogens with two attached hydrogens (primary N) is 2. The lowest BCUT2D eigenvalue weighted by molar-refractivity contribution is -0.144. The molecule has 0 aliphatic rings. The summed E-state index contributed by atoms with van der Waals surface area (Å²) in [5, 5.41) is 42.5. The lowest BCUT2D eigenvalue weighted by atomic mass is 10.1. The molecule has 0 rings (SSSR count). The monoisotopic (exact) mass is 477 g/mol. The van der Waals surface area contributed by atoms with E-state index in [1.165, 1.54) is 0 Å². The molecule has 0 aromatic carbocycles. The van der Waals surface area contributed by atoms with Gasteiger partial charge in [-0.05, 0) is 13.3 Å². The van der Waals surface area contributed by atoms with E-state index in [2.05, 4.69) is 0 Å². The second kappa shape index (κ2) is 13.6. The summed E-state index contributed by atoms with van der Waals surface area (Å²) in [6, 6.07) is -6.73. The minimum atomic E-state index is -1.85. The standard InChI is InChI=1S/C17H27N5O11/c1-6(23)13(22-14(29)7(18)4-10(19)24)16(31)21-9(5-12(27)28)15(30)20-8(17(32)33)2-3-11(25)26/h6-9,13,23H,2-5,18H2,1H3,(H2,19,24)(H,20,30)(H,21,31)(H,22,29)(H,25,26)(H,27,28)(H,32,33). The lowest BCUT2D eigenvalue weighted by Crippen LogP contribution is -2.60. The molecule has 0 aromatic rings. The summed E-state index contributed by atoms with van der Waals surface area (Å²) in [5.74, 6) is -8.93. The number of carboxylic acids is 3. The van der Waals surface area contributed by atoms with Crippen LogP contribution >= 0.6 is 0 Å². The molecule has 0 heterocycles. The number of hydrogen-bond acceptors (Lipinski definition) is 9. The summed E-state index contributed by atoms with van der Waals surface area (Å²) < 4.78 is 0. The average molecular weight is 477 g/mol. The third kappa shape index (κ3) is 11.4. The van der Waals surface area contributed by atoms with Gasteiger partial charge in [-0.3, -0.25) is 28.8 Å². The van der Waals surface area contributed by atoms with E-state index < -0.39 is 97.5 Å². The number of carbonyl (C=O) groups excluding carboxylic acids is 4. The molecule has 16 nitrogen and oxygen atoms in total. The topological polar surface area (TPSA) is 289 Å². The molecule has 0 saturated carbocycles. The van der Waals surface area contributed by atoms with Gasteiger partial charge in [0.15, 0.2) is 0 Å². The Labute approximate surface area is 186 Å². The Morgan fingerprint density at radius 3 is 1.76 bits per heavy atom. The first-order chi connectivity index (χ1) is 15.1. The number of aliphatic hydroxyl groups excluding tert-OH is 1. The van der Waals surface area contributed by atoms with Crippen molar-refractivity contribution in [2.45, 2.75) is 62.9 Å². The Kier molecular flexibility index (Phi) is 12.0. The third-order valence-corrected chi connectivity index (χ3v) is 4.09. The van der Waals surface area contributed by atoms with Gasteiger partial charge >= 0.3 is 17.9 Å². The van der Waals surface area contributed by atoms with E-state index >= 15 is 0 Å². The zero-order valence-electron chi connectivity index (χ0n) is 17.5. The van der Waals surface area contributed by atoms with Crippen LogP contribution in [0.1, 0.15) is 32.6 Å². The summed E-state index contributed by atoms with van der Waals surface area (Å²) in [7, 11) is 0. The number of nitrogens with one attached hydrogen (secondary N) is 3. The van der Waals surface area contributed by atoms with Crippen LogP contribution in [0.25, 0.3) is 0 Å². The fraction of sp³-hybridized carbons (Fsp3) is 0.588. The number of carbonyl (C=O) groups is 7. The molecule has 5 atom stereocenters. The maximum absolute atomic E-state index is 12.5. The predicted octanol–water partition coefficient (Wildman–Crippen LogP) is -4.55. The second-order valence-electron chi connectivity index (χ2n) is 6.99. The molecule has 0 aliphatic heterocycles. The van der Waals surface area contributed by atoms with Crippen molar-refractivity contribution in [3.63, 3.8) is 0 Å². The highest BCUT2D eigenvalue weighted by atomic mass is 16.4. The van der Waals surface area contributed by atoms with Gasteiger partial charge in [0.1, 0.15) is 18.1 Å². The van der Waals surface area contributed by atoms with Gasteiger partial charge in [-0.15, -0.1) is 0 Å². The highest BCUT2D eigenvalue weighted by Gasteiger charge is 2.33. The number of primary amides is 1. The fourth-order valence-corrected chi connectivity index (χ4v) is 2.42. The van der Waals surface area contributed by atoms with Crippen molar-refractivity contribution >= 4 is 41.5 Å². The quantitative estimate of drug-likeness (QED) is 0.108. The molecule has 11 N–H and O–H groups in total. The molecule has 0 spiro atoms. The van der Waals surface area contributed by atoms with E-state index in [9.17, 15) is 38.7 Å². The van der Waals surface area contributed by atoms with Crippen LogP contribution in [0.3, 0.4) is 0 Å². The Morgan fingerprint density at radius 2 is 1.33 bits per heavy atom. The van der Waals surface area contributed by atoms with E-state index in [1.54, 1.807) is 0 Å². The molecule has 33 heavy (non-hydrogen) atoms. The first-order valence-corrected chi connectivity index (χ1v) is 9.45. The van der Waals surface area contributed by atoms with Gasteiger partial charge in [0.25, 0.3) is 0 Å². The minimum absolute atomic E-state index is 0.520. The van der Waals surface area contributed by atoms with Crippen LogP contribution in [0.2, 0.25) is 0 Å². The molecule has 5 unspecified atom stereocenters. The molecule has 0 aliphatic carbocycles. The van der Waals surface area contributed by atoms with Gasteiger partial charge in [0.2, 0.25) is 23.6 Å². The second-order valence-corrected chi connectivity index (χ2v) is 6.99. The molecular weight excluding hydrogens is 450 g/mol. The SMILES string of the molecule is CC(O)C(NC(=O)C(N)CC(N)=O)C(=O)NC(CC(=O)O)C(=O)NC(CCC(=O)O)C(=O)O. The number of rotatable bonds is 15. The van der Waals surface area contributed by atoms with Crippen LogP contribution in [0.4, 0.5) is 0 Å². The number of aliphatic hydroxyl groups is 1. The predicted molar refractivity (Wildman–Crippen MR) is 106 cm³/mol. The van der Waals surface area contributed by atoms with Crippen molar-refractivity contribution in [2.75, 3.05) is 0 Å². The van der Waals surface area contributed by atoms with Crippen molar-refractivity contribution < 1.29 is 54.0 Å². The largest absolute Gasteiger partial charge is 0.481 e. The Hall–Kier alpha value is -3.79. The first kappa shape index (κ1) is 29.2. The minimum Gasteiger partial charge on any atom is -0.481 e. The Balaban J connectivity index is 5.47. The zero-order valence-corrected chi connectivity index (χ0v) is 17.5. The highest BCUT2D eigenvalue weighted by molar-refractivity contribution is 5.96. The highest BCUT2D eigenvalue weighted by Crippen LogP contribution is 2.03. The van der Waals surface area contributed by atoms with Crippen molar-refractivity contribution in [2.24, 2.45) is 11.5 Å². The molecule has 0 radical (unpaired) electrons. The van der Waals surface area contributed by atoms with E-state index in [1.807, 2.05) is 16.0 Å². The van der Waals surface area contributed by atoms with Gasteiger partial charge in [0.05, 0.1) is 25.0 Å². The van der Waals surface area contributed by atoms with Crippen LogP contribution in [0.15, 0.2) is 0 Å². The molecule has 4 amide bonds. The number of aliphatic carboxylic acids is 3. The van der Waals surface area contributed by atoms with Gasteiger partial charge in [0, 0.05) is 6.42 Å². The van der Waals surface area contributed by atoms with Crippen LogP contribution < -0.4 is 27.4 Å². The van der Waals surface area contributed by atoms with Gasteiger partial charge in [-0.2, -0.15) is 0 Å². The number of carboxylic acid groups (broad SMARTS) is 3. The van der Waals surface area contributed by atoms with Crippen molar-refractivity contribution in [1.82, 2.24) is 16.0 Å². The first-order valence-electron chi connectivity index (χ1n) is 9.45. The molecule has 16 heteroatoms. The lowest BCUT2D eigenvalue weighted by Gasteiger charge is -2.25. The van der Waals surface area contributed by atoms with Crippen LogP contribution in [0, 0.1) is 0 Å². The summed E-state index contributed by atoms with van der Waals surface area (Å²) in [6.45, 7) is 1.09. The van der Waals surface area contributed by atoms with E-state index in [4.69, 9.17) is 26.8 Å². The summed E-state index contributed by atoms with van der Waals surface area (Å²) in [6.07, 6.45) is -4.28. The average Bonchev–Trinajstić information content (AvgIpc) is 2.66. The van der Waals surface area contributed by atoms with E-state index in [-0.39, 0.29) is 0 Å². The van der Waals surface area contributed by atoms with Gasteiger partial charge in [-0.25, -0.2) is 4.79 Å². The Morgan fingerprint density at radius 1 is 0.788 bits per heavy atom. The van der Waals surface area contributed by atoms with Crippen molar-refractivity contribution in [3.05, 3.63) is 0 Å². The maximum Gasteiger partial charge on any atom is 0.326 e. The summed E-state index contributed by atoms with van der Waals surface area (Å²) in [5.41, 5.74) is 10.4. The third-order valence-electron chi connectivity index (χ3n) is 4.09. The molecule has 186 valence electrons. The van der Waals surface area contributed by atoms with E-state index in [0.717, 1.165) is 6.92 Å². The van der Waals surface area contributed by atoms with Crippen LogP contribution in [-0.4, -0.2) is 92.2 Å². The fourth-order valence-electron chi connectivity index (χ4n) is 2.42. The summed E-state index contributed by atoms with van der Waals surface area (Å²) in [4.78, 5) is 80.8.